The lowest BCUT2D eigenvalue weighted by Gasteiger charge is -2.42. The summed E-state index contributed by atoms with van der Waals surface area (Å²) in [4.78, 5) is 16.5. The molecule has 1 aliphatic carbocycles. The number of allylic oxidation sites excluding steroid dienone is 2. The summed E-state index contributed by atoms with van der Waals surface area (Å²) in [6.45, 7) is 1.92. The van der Waals surface area contributed by atoms with E-state index in [2.05, 4.69) is 0 Å². The molecule has 1 aliphatic heterocycles. The Morgan fingerprint density at radius 1 is 1.03 bits per heavy atom. The summed E-state index contributed by atoms with van der Waals surface area (Å²) in [6, 6.07) is 22.9. The number of carbonyl (C=O) groups excluding carboxylic acids is 1. The summed E-state index contributed by atoms with van der Waals surface area (Å²) in [6.07, 6.45) is 3.87. The number of rotatable bonds is 4. The van der Waals surface area contributed by atoms with E-state index in [0.717, 1.165) is 33.8 Å². The molecular weight excluding hydrogens is 488 g/mol. The van der Waals surface area contributed by atoms with E-state index in [9.17, 15) is 15.3 Å². The van der Waals surface area contributed by atoms with Crippen LogP contribution in [0.15, 0.2) is 94.5 Å². The summed E-state index contributed by atoms with van der Waals surface area (Å²) in [5, 5.41) is 21.7. The molecule has 0 aromatic heterocycles. The Bertz CT molecular complexity index is 1410. The zero-order valence-electron chi connectivity index (χ0n) is 20.2. The van der Waals surface area contributed by atoms with Crippen molar-refractivity contribution in [1.29, 1.82) is 5.41 Å². The predicted molar refractivity (Wildman–Crippen MR) is 149 cm³/mol. The van der Waals surface area contributed by atoms with Crippen LogP contribution in [0, 0.1) is 12.3 Å². The Morgan fingerprint density at radius 3 is 2.44 bits per heavy atom. The molecule has 0 spiro atoms. The molecule has 6 heteroatoms. The van der Waals surface area contributed by atoms with Crippen LogP contribution in [0.4, 0.5) is 5.69 Å². The SMILES string of the molecule is CSc1ccc(C2C3=C(CCCC3=O)N(c3cccc(Cl)c3C)C(=N)/C2=C(/O)c2ccccc2)cc1. The van der Waals surface area contributed by atoms with E-state index in [0.29, 0.717) is 34.6 Å². The molecule has 2 N–H and O–H groups in total. The number of Topliss-reactive ketones (excluding diaryl/α,β-unsaturated/α-hetero) is 1. The number of ketones is 1. The maximum atomic E-state index is 13.6. The largest absolute Gasteiger partial charge is 0.507 e. The summed E-state index contributed by atoms with van der Waals surface area (Å²) >= 11 is 8.14. The zero-order valence-corrected chi connectivity index (χ0v) is 21.8. The average molecular weight is 515 g/mol. The number of anilines is 1. The van der Waals surface area contributed by atoms with Gasteiger partial charge >= 0.3 is 0 Å². The average Bonchev–Trinajstić information content (AvgIpc) is 2.90. The van der Waals surface area contributed by atoms with Crippen molar-refractivity contribution < 1.29 is 9.90 Å². The number of carbonyl (C=O) groups is 1. The third-order valence-electron chi connectivity index (χ3n) is 6.99. The Kier molecular flexibility index (Phi) is 6.78. The van der Waals surface area contributed by atoms with Crippen LogP contribution in [0.2, 0.25) is 5.02 Å². The van der Waals surface area contributed by atoms with Gasteiger partial charge in [0.1, 0.15) is 11.6 Å². The van der Waals surface area contributed by atoms with Gasteiger partial charge in [-0.1, -0.05) is 60.1 Å². The van der Waals surface area contributed by atoms with Crippen molar-refractivity contribution >= 4 is 46.4 Å². The molecule has 1 heterocycles. The predicted octanol–water partition coefficient (Wildman–Crippen LogP) is 7.93. The molecule has 4 nitrogen and oxygen atoms in total. The number of thioether (sulfide) groups is 1. The molecular formula is C30H27ClN2O2S. The van der Waals surface area contributed by atoms with Crippen LogP contribution in [0.5, 0.6) is 0 Å². The maximum Gasteiger partial charge on any atom is 0.161 e. The number of amidine groups is 1. The van der Waals surface area contributed by atoms with Crippen LogP contribution in [0.3, 0.4) is 0 Å². The topological polar surface area (TPSA) is 64.4 Å². The van der Waals surface area contributed by atoms with Crippen molar-refractivity contribution in [2.24, 2.45) is 0 Å². The van der Waals surface area contributed by atoms with Gasteiger partial charge in [0.25, 0.3) is 0 Å². The fourth-order valence-electron chi connectivity index (χ4n) is 5.18. The van der Waals surface area contributed by atoms with Crippen LogP contribution < -0.4 is 4.90 Å². The van der Waals surface area contributed by atoms with Gasteiger partial charge in [-0.05, 0) is 61.4 Å². The molecule has 3 aromatic rings. The van der Waals surface area contributed by atoms with Gasteiger partial charge in [-0.3, -0.25) is 15.1 Å². The van der Waals surface area contributed by atoms with Gasteiger partial charge in [-0.25, -0.2) is 0 Å². The molecule has 1 atom stereocenters. The summed E-state index contributed by atoms with van der Waals surface area (Å²) in [5.74, 6) is -0.304. The molecule has 36 heavy (non-hydrogen) atoms. The Morgan fingerprint density at radius 2 is 1.75 bits per heavy atom. The lowest BCUT2D eigenvalue weighted by molar-refractivity contribution is -0.116. The second kappa shape index (κ2) is 10.00. The van der Waals surface area contributed by atoms with E-state index < -0.39 is 5.92 Å². The van der Waals surface area contributed by atoms with Crippen molar-refractivity contribution in [3.05, 3.63) is 111 Å². The van der Waals surface area contributed by atoms with E-state index in [1.165, 1.54) is 0 Å². The minimum Gasteiger partial charge on any atom is -0.507 e. The first-order chi connectivity index (χ1) is 17.4. The van der Waals surface area contributed by atoms with Crippen molar-refractivity contribution in [3.8, 4) is 0 Å². The molecule has 182 valence electrons. The summed E-state index contributed by atoms with van der Waals surface area (Å²) < 4.78 is 0. The highest BCUT2D eigenvalue weighted by Gasteiger charge is 2.43. The second-order valence-corrected chi connectivity index (χ2v) is 10.3. The lowest BCUT2D eigenvalue weighted by atomic mass is 9.73. The van der Waals surface area contributed by atoms with E-state index in [-0.39, 0.29) is 17.4 Å². The maximum absolute atomic E-state index is 13.6. The zero-order chi connectivity index (χ0) is 25.4. The molecule has 1 unspecified atom stereocenters. The fraction of sp³-hybridized carbons (Fsp3) is 0.200. The van der Waals surface area contributed by atoms with Crippen LogP contribution in [0.25, 0.3) is 5.76 Å². The van der Waals surface area contributed by atoms with Gasteiger partial charge in [0.15, 0.2) is 5.78 Å². The molecule has 3 aromatic carbocycles. The first-order valence-electron chi connectivity index (χ1n) is 11.9. The molecule has 0 saturated heterocycles. The molecule has 0 radical (unpaired) electrons. The van der Waals surface area contributed by atoms with E-state index in [1.807, 2.05) is 90.9 Å². The highest BCUT2D eigenvalue weighted by atomic mass is 35.5. The molecule has 5 rings (SSSR count). The van der Waals surface area contributed by atoms with Crippen LogP contribution in [-0.2, 0) is 4.79 Å². The van der Waals surface area contributed by atoms with Gasteiger partial charge in [0.05, 0.1) is 5.69 Å². The van der Waals surface area contributed by atoms with Gasteiger partial charge in [0.2, 0.25) is 0 Å². The third-order valence-corrected chi connectivity index (χ3v) is 8.14. The molecule has 2 aliphatic rings. The number of aliphatic hydroxyl groups excluding tert-OH is 1. The minimum absolute atomic E-state index is 0.00847. The summed E-state index contributed by atoms with van der Waals surface area (Å²) in [5.41, 5.74) is 4.99. The third kappa shape index (κ3) is 4.16. The van der Waals surface area contributed by atoms with Crippen molar-refractivity contribution in [3.63, 3.8) is 0 Å². The Labute approximate surface area is 220 Å². The number of aliphatic hydroxyl groups is 1. The summed E-state index contributed by atoms with van der Waals surface area (Å²) in [7, 11) is 0. The Hall–Kier alpha value is -3.28. The van der Waals surface area contributed by atoms with Gasteiger partial charge in [0, 0.05) is 44.7 Å². The highest BCUT2D eigenvalue weighted by Crippen LogP contribution is 2.48. The van der Waals surface area contributed by atoms with Crippen molar-refractivity contribution in [2.45, 2.75) is 37.0 Å². The van der Waals surface area contributed by atoms with Gasteiger partial charge < -0.3 is 5.11 Å². The molecule has 0 fully saturated rings. The van der Waals surface area contributed by atoms with Crippen LogP contribution >= 0.6 is 23.4 Å². The lowest BCUT2D eigenvalue weighted by Crippen LogP contribution is -2.42. The number of halogens is 1. The number of hydrogen-bond acceptors (Lipinski definition) is 4. The van der Waals surface area contributed by atoms with E-state index >= 15 is 0 Å². The Balaban J connectivity index is 1.84. The number of nitrogens with one attached hydrogen (secondary N) is 1. The van der Waals surface area contributed by atoms with Crippen molar-refractivity contribution in [2.75, 3.05) is 11.2 Å². The number of benzene rings is 3. The normalized spacial score (nSPS) is 19.4. The van der Waals surface area contributed by atoms with Gasteiger partial charge in [-0.2, -0.15) is 0 Å². The van der Waals surface area contributed by atoms with Crippen molar-refractivity contribution in [1.82, 2.24) is 0 Å². The molecule has 0 bridgehead atoms. The first-order valence-corrected chi connectivity index (χ1v) is 13.6. The second-order valence-electron chi connectivity index (χ2n) is 9.04. The fourth-order valence-corrected chi connectivity index (χ4v) is 5.76. The monoisotopic (exact) mass is 514 g/mol. The minimum atomic E-state index is -0.535. The van der Waals surface area contributed by atoms with E-state index in [1.54, 1.807) is 11.8 Å². The van der Waals surface area contributed by atoms with Crippen LogP contribution in [-0.4, -0.2) is 23.0 Å². The highest BCUT2D eigenvalue weighted by molar-refractivity contribution is 7.98. The first kappa shape index (κ1) is 24.4. The molecule has 0 amide bonds. The van der Waals surface area contributed by atoms with Gasteiger partial charge in [-0.15, -0.1) is 11.8 Å². The number of nitrogens with zero attached hydrogens (tertiary/aromatic N) is 1. The molecule has 0 saturated carbocycles. The smallest absolute Gasteiger partial charge is 0.161 e. The quantitative estimate of drug-likeness (QED) is 0.274. The standard InChI is InChI=1S/C30H27ClN2O2S/c1-18-22(31)10-6-11-23(18)33-24-12-7-13-25(34)27(24)26(19-14-16-21(36-2)17-15-19)28(30(33)32)29(35)20-8-4-3-5-9-20/h3-6,8-11,14-17,26,32,35H,7,12-13H2,1-2H3/b29-28+,32-30?. The number of hydrogen-bond donors (Lipinski definition) is 2. The van der Waals surface area contributed by atoms with Crippen LogP contribution in [0.1, 0.15) is 41.9 Å². The van der Waals surface area contributed by atoms with E-state index in [4.69, 9.17) is 11.6 Å².